The fourth-order valence-electron chi connectivity index (χ4n) is 5.48. The van der Waals surface area contributed by atoms with Crippen molar-refractivity contribution in [2.24, 2.45) is 0 Å². The lowest BCUT2D eigenvalue weighted by Gasteiger charge is -2.34. The van der Waals surface area contributed by atoms with E-state index in [9.17, 15) is 18.0 Å². The van der Waals surface area contributed by atoms with Crippen molar-refractivity contribution in [2.45, 2.75) is 57.7 Å². The molecule has 2 amide bonds. The highest BCUT2D eigenvalue weighted by atomic mass is 32.2. The van der Waals surface area contributed by atoms with E-state index in [0.29, 0.717) is 11.5 Å². The normalized spacial score (nSPS) is 14.1. The zero-order chi connectivity index (χ0) is 31.0. The molecule has 0 unspecified atom stereocenters. The minimum atomic E-state index is -3.92. The number of nitrogens with zero attached hydrogens (tertiary/aromatic N) is 2. The molecular formula is C33H41N3O6S. The summed E-state index contributed by atoms with van der Waals surface area (Å²) in [6, 6.07) is 21.1. The highest BCUT2D eigenvalue weighted by Gasteiger charge is 2.35. The van der Waals surface area contributed by atoms with Crippen molar-refractivity contribution < 1.29 is 27.5 Å². The average Bonchev–Trinajstić information content (AvgIpc) is 3.50. The zero-order valence-electron chi connectivity index (χ0n) is 25.3. The second kappa shape index (κ2) is 14.4. The Kier molecular flexibility index (Phi) is 10.7. The Morgan fingerprint density at radius 2 is 1.63 bits per heavy atom. The Hall–Kier alpha value is -4.05. The molecule has 0 bridgehead atoms. The number of anilines is 1. The molecule has 0 spiro atoms. The van der Waals surface area contributed by atoms with Crippen molar-refractivity contribution in [1.82, 2.24) is 10.2 Å². The minimum Gasteiger partial charge on any atom is -0.497 e. The summed E-state index contributed by atoms with van der Waals surface area (Å²) in [7, 11) is -0.900. The number of amides is 2. The SMILES string of the molecule is COc1cccc(CN(C(=O)CN(c2cc(C)ccc2OC)S(C)(=O)=O)[C@H](Cc2ccccc2)C(=O)NC2CCCC2)c1. The highest BCUT2D eigenvalue weighted by Crippen LogP contribution is 2.31. The molecule has 3 aromatic rings. The van der Waals surface area contributed by atoms with Crippen molar-refractivity contribution in [2.75, 3.05) is 31.3 Å². The van der Waals surface area contributed by atoms with Crippen LogP contribution in [0.15, 0.2) is 72.8 Å². The highest BCUT2D eigenvalue weighted by molar-refractivity contribution is 7.92. The monoisotopic (exact) mass is 607 g/mol. The van der Waals surface area contributed by atoms with Gasteiger partial charge in [-0.05, 0) is 60.7 Å². The Labute approximate surface area is 254 Å². The summed E-state index contributed by atoms with van der Waals surface area (Å²) < 4.78 is 38.2. The van der Waals surface area contributed by atoms with Gasteiger partial charge >= 0.3 is 0 Å². The Bertz CT molecular complexity index is 1510. The predicted octanol–water partition coefficient (Wildman–Crippen LogP) is 4.48. The number of sulfonamides is 1. The van der Waals surface area contributed by atoms with E-state index in [1.54, 1.807) is 25.3 Å². The second-order valence-electron chi connectivity index (χ2n) is 11.0. The molecule has 1 saturated carbocycles. The van der Waals surface area contributed by atoms with Gasteiger partial charge in [0.2, 0.25) is 21.8 Å². The molecule has 0 radical (unpaired) electrons. The van der Waals surface area contributed by atoms with Crippen molar-refractivity contribution in [3.63, 3.8) is 0 Å². The smallest absolute Gasteiger partial charge is 0.244 e. The fourth-order valence-corrected chi connectivity index (χ4v) is 6.32. The average molecular weight is 608 g/mol. The summed E-state index contributed by atoms with van der Waals surface area (Å²) in [5, 5.41) is 3.17. The van der Waals surface area contributed by atoms with Crippen molar-refractivity contribution in [3.8, 4) is 11.5 Å². The lowest BCUT2D eigenvalue weighted by atomic mass is 10.0. The van der Waals surface area contributed by atoms with E-state index in [2.05, 4.69) is 5.32 Å². The third kappa shape index (κ3) is 8.50. The van der Waals surface area contributed by atoms with Gasteiger partial charge in [-0.15, -0.1) is 0 Å². The Morgan fingerprint density at radius 3 is 2.28 bits per heavy atom. The summed E-state index contributed by atoms with van der Waals surface area (Å²) in [6.07, 6.45) is 5.19. The molecule has 1 aliphatic rings. The molecule has 9 nitrogen and oxygen atoms in total. The van der Waals surface area contributed by atoms with Gasteiger partial charge in [0, 0.05) is 19.0 Å². The minimum absolute atomic E-state index is 0.0450. The first-order valence-electron chi connectivity index (χ1n) is 14.5. The number of hydrogen-bond acceptors (Lipinski definition) is 6. The van der Waals surface area contributed by atoms with Crippen LogP contribution in [-0.2, 0) is 32.6 Å². The number of carbonyl (C=O) groups is 2. The molecule has 4 rings (SSSR count). The molecule has 10 heteroatoms. The number of methoxy groups -OCH3 is 2. The van der Waals surface area contributed by atoms with Crippen LogP contribution in [0.5, 0.6) is 11.5 Å². The van der Waals surface area contributed by atoms with Gasteiger partial charge < -0.3 is 19.7 Å². The van der Waals surface area contributed by atoms with Crippen LogP contribution in [0.1, 0.15) is 42.4 Å². The van der Waals surface area contributed by atoms with Gasteiger partial charge in [0.1, 0.15) is 24.1 Å². The molecule has 3 aromatic carbocycles. The van der Waals surface area contributed by atoms with E-state index < -0.39 is 28.5 Å². The van der Waals surface area contributed by atoms with Gasteiger partial charge in [0.25, 0.3) is 0 Å². The van der Waals surface area contributed by atoms with Gasteiger partial charge in [-0.2, -0.15) is 0 Å². The van der Waals surface area contributed by atoms with Gasteiger partial charge in [-0.25, -0.2) is 8.42 Å². The van der Waals surface area contributed by atoms with Crippen LogP contribution in [0.4, 0.5) is 5.69 Å². The standard InChI is InChI=1S/C33H41N3O6S/c1-24-17-18-31(42-3)29(19-24)36(43(4,39)40)23-32(37)35(22-26-13-10-16-28(20-26)41-2)30(21-25-11-6-5-7-12-25)33(38)34-27-14-8-9-15-27/h5-7,10-13,16-20,27,30H,8-9,14-15,21-23H2,1-4H3,(H,34,38)/t30-/m1/s1. The molecule has 0 heterocycles. The fraction of sp³-hybridized carbons (Fsp3) is 0.394. The number of benzene rings is 3. The third-order valence-electron chi connectivity index (χ3n) is 7.74. The number of hydrogen-bond donors (Lipinski definition) is 1. The van der Waals surface area contributed by atoms with Crippen LogP contribution in [0.25, 0.3) is 0 Å². The van der Waals surface area contributed by atoms with Gasteiger partial charge in [0.15, 0.2) is 0 Å². The quantitative estimate of drug-likeness (QED) is 0.307. The summed E-state index contributed by atoms with van der Waals surface area (Å²) >= 11 is 0. The maximum Gasteiger partial charge on any atom is 0.244 e. The Balaban J connectivity index is 1.77. The lowest BCUT2D eigenvalue weighted by Crippen LogP contribution is -2.54. The van der Waals surface area contributed by atoms with Crippen molar-refractivity contribution in [3.05, 3.63) is 89.5 Å². The summed E-state index contributed by atoms with van der Waals surface area (Å²) in [6.45, 7) is 1.41. The molecule has 43 heavy (non-hydrogen) atoms. The third-order valence-corrected chi connectivity index (χ3v) is 8.87. The number of rotatable bonds is 13. The first-order chi connectivity index (χ1) is 20.6. The second-order valence-corrected chi connectivity index (χ2v) is 12.9. The first kappa shape index (κ1) is 31.9. The molecule has 1 N–H and O–H groups in total. The molecule has 0 aliphatic heterocycles. The van der Waals surface area contributed by atoms with E-state index in [4.69, 9.17) is 9.47 Å². The number of ether oxygens (including phenoxy) is 2. The first-order valence-corrected chi connectivity index (χ1v) is 16.3. The van der Waals surface area contributed by atoms with E-state index >= 15 is 0 Å². The van der Waals surface area contributed by atoms with E-state index in [1.807, 2.05) is 61.5 Å². The summed E-state index contributed by atoms with van der Waals surface area (Å²) in [5.41, 5.74) is 2.70. The molecule has 0 saturated heterocycles. The van der Waals surface area contributed by atoms with Crippen LogP contribution >= 0.6 is 0 Å². The maximum absolute atomic E-state index is 14.4. The van der Waals surface area contributed by atoms with E-state index in [1.165, 1.54) is 12.0 Å². The molecule has 1 fully saturated rings. The molecule has 1 atom stereocenters. The largest absolute Gasteiger partial charge is 0.497 e. The summed E-state index contributed by atoms with van der Waals surface area (Å²) in [4.78, 5) is 29.8. The van der Waals surface area contributed by atoms with Crippen molar-refractivity contribution >= 4 is 27.5 Å². The van der Waals surface area contributed by atoms with E-state index in [-0.39, 0.29) is 30.6 Å². The van der Waals surface area contributed by atoms with Crippen LogP contribution in [0.3, 0.4) is 0 Å². The maximum atomic E-state index is 14.4. The zero-order valence-corrected chi connectivity index (χ0v) is 26.1. The Morgan fingerprint density at radius 1 is 0.930 bits per heavy atom. The van der Waals surface area contributed by atoms with Crippen LogP contribution in [0.2, 0.25) is 0 Å². The number of nitrogens with one attached hydrogen (secondary N) is 1. The predicted molar refractivity (Wildman–Crippen MR) is 168 cm³/mol. The summed E-state index contributed by atoms with van der Waals surface area (Å²) in [5.74, 6) is 0.163. The molecule has 230 valence electrons. The lowest BCUT2D eigenvalue weighted by molar-refractivity contribution is -0.140. The van der Waals surface area contributed by atoms with Crippen molar-refractivity contribution in [1.29, 1.82) is 0 Å². The van der Waals surface area contributed by atoms with E-state index in [0.717, 1.165) is 52.9 Å². The molecule has 0 aromatic heterocycles. The van der Waals surface area contributed by atoms with Crippen LogP contribution in [-0.4, -0.2) is 64.2 Å². The van der Waals surface area contributed by atoms with Gasteiger partial charge in [0.05, 0.1) is 26.2 Å². The van der Waals surface area contributed by atoms with Gasteiger partial charge in [-0.1, -0.05) is 61.4 Å². The number of aryl methyl sites for hydroxylation is 1. The topological polar surface area (TPSA) is 105 Å². The van der Waals surface area contributed by atoms with Gasteiger partial charge in [-0.3, -0.25) is 13.9 Å². The van der Waals surface area contributed by atoms with Crippen LogP contribution < -0.4 is 19.1 Å². The van der Waals surface area contributed by atoms with Crippen LogP contribution in [0, 0.1) is 6.92 Å². The molecular weight excluding hydrogens is 566 g/mol. The number of carbonyl (C=O) groups excluding carboxylic acids is 2. The molecule has 1 aliphatic carbocycles.